The summed E-state index contributed by atoms with van der Waals surface area (Å²) in [6, 6.07) is 7.26. The molecule has 0 aliphatic heterocycles. The van der Waals surface area contributed by atoms with Gasteiger partial charge in [-0.15, -0.1) is 0 Å². The third-order valence-electron chi connectivity index (χ3n) is 2.96. The first kappa shape index (κ1) is 12.6. The van der Waals surface area contributed by atoms with Gasteiger partial charge >= 0.3 is 0 Å². The van der Waals surface area contributed by atoms with Gasteiger partial charge in [-0.3, -0.25) is 4.98 Å². The van der Waals surface area contributed by atoms with Crippen molar-refractivity contribution in [3.05, 3.63) is 48.7 Å². The van der Waals surface area contributed by atoms with Gasteiger partial charge in [-0.1, -0.05) is 0 Å². The summed E-state index contributed by atoms with van der Waals surface area (Å²) in [6.07, 6.45) is 5.39. The molecule has 20 heavy (non-hydrogen) atoms. The van der Waals surface area contributed by atoms with Crippen LogP contribution in [0.25, 0.3) is 11.2 Å². The first-order valence-electron chi connectivity index (χ1n) is 6.35. The first-order chi connectivity index (χ1) is 9.86. The van der Waals surface area contributed by atoms with Crippen LogP contribution in [0.5, 0.6) is 0 Å². The Morgan fingerprint density at radius 2 is 2.10 bits per heavy atom. The van der Waals surface area contributed by atoms with Gasteiger partial charge < -0.3 is 14.8 Å². The van der Waals surface area contributed by atoms with E-state index in [0.29, 0.717) is 17.9 Å². The molecule has 0 saturated carbocycles. The average Bonchev–Trinajstić information content (AvgIpc) is 3.01. The lowest BCUT2D eigenvalue weighted by Crippen LogP contribution is -2.12. The number of pyridine rings is 1. The number of rotatable bonds is 5. The molecule has 0 spiro atoms. The minimum Gasteiger partial charge on any atom is -0.467 e. The van der Waals surface area contributed by atoms with E-state index in [1.54, 1.807) is 18.7 Å². The maximum Gasteiger partial charge on any atom is 0.180 e. The van der Waals surface area contributed by atoms with Crippen molar-refractivity contribution in [2.75, 3.05) is 11.9 Å². The highest BCUT2D eigenvalue weighted by molar-refractivity contribution is 5.71. The third-order valence-corrected chi connectivity index (χ3v) is 2.96. The Hall–Kier alpha value is -2.47. The van der Waals surface area contributed by atoms with E-state index in [1.807, 2.05) is 24.3 Å². The van der Waals surface area contributed by atoms with Crippen LogP contribution in [0.2, 0.25) is 0 Å². The fraction of sp³-hybridized carbons (Fsp3) is 0.214. The second-order valence-corrected chi connectivity index (χ2v) is 4.32. The summed E-state index contributed by atoms with van der Waals surface area (Å²) < 4.78 is 5.38. The van der Waals surface area contributed by atoms with E-state index in [4.69, 9.17) is 9.52 Å². The highest BCUT2D eigenvalue weighted by Crippen LogP contribution is 2.22. The van der Waals surface area contributed by atoms with E-state index >= 15 is 0 Å². The van der Waals surface area contributed by atoms with Gasteiger partial charge in [0.2, 0.25) is 0 Å². The molecule has 3 heterocycles. The average molecular weight is 270 g/mol. The van der Waals surface area contributed by atoms with E-state index in [-0.39, 0.29) is 12.6 Å². The highest BCUT2D eigenvalue weighted by Gasteiger charge is 2.14. The van der Waals surface area contributed by atoms with Crippen LogP contribution in [0, 0.1) is 0 Å². The Labute approximate surface area is 115 Å². The van der Waals surface area contributed by atoms with Crippen LogP contribution >= 0.6 is 0 Å². The van der Waals surface area contributed by atoms with Gasteiger partial charge in [-0.2, -0.15) is 0 Å². The van der Waals surface area contributed by atoms with E-state index < -0.39 is 0 Å². The van der Waals surface area contributed by atoms with E-state index in [1.165, 1.54) is 0 Å². The summed E-state index contributed by atoms with van der Waals surface area (Å²) in [5.41, 5.74) is 1.33. The number of fused-ring (bicyclic) bond motifs is 1. The van der Waals surface area contributed by atoms with Crippen molar-refractivity contribution in [3.63, 3.8) is 0 Å². The zero-order chi connectivity index (χ0) is 13.8. The molecule has 0 bridgehead atoms. The molecule has 6 nitrogen and oxygen atoms in total. The number of anilines is 1. The zero-order valence-electron chi connectivity index (χ0n) is 10.7. The molecule has 0 fully saturated rings. The Morgan fingerprint density at radius 3 is 2.90 bits per heavy atom. The molecular formula is C14H14N4O2. The summed E-state index contributed by atoms with van der Waals surface area (Å²) in [6.45, 7) is 0.0613. The quantitative estimate of drug-likeness (QED) is 0.739. The first-order valence-corrected chi connectivity index (χ1v) is 6.35. The van der Waals surface area contributed by atoms with Crippen molar-refractivity contribution in [2.45, 2.75) is 12.5 Å². The number of hydrogen-bond acceptors (Lipinski definition) is 6. The highest BCUT2D eigenvalue weighted by atomic mass is 16.3. The maximum absolute atomic E-state index is 9.16. The summed E-state index contributed by atoms with van der Waals surface area (Å²) in [7, 11) is 0. The topological polar surface area (TPSA) is 84.1 Å². The van der Waals surface area contributed by atoms with Crippen molar-refractivity contribution >= 4 is 17.0 Å². The molecule has 3 aromatic rings. The Kier molecular flexibility index (Phi) is 3.56. The second-order valence-electron chi connectivity index (χ2n) is 4.32. The Balaban J connectivity index is 1.86. The molecule has 0 aliphatic rings. The summed E-state index contributed by atoms with van der Waals surface area (Å²) >= 11 is 0. The lowest BCUT2D eigenvalue weighted by molar-refractivity contribution is 0.273. The molecule has 3 rings (SSSR count). The zero-order valence-corrected chi connectivity index (χ0v) is 10.7. The molecule has 0 radical (unpaired) electrons. The summed E-state index contributed by atoms with van der Waals surface area (Å²) in [5, 5.41) is 12.4. The molecule has 1 unspecified atom stereocenters. The lowest BCUT2D eigenvalue weighted by atomic mass is 10.1. The van der Waals surface area contributed by atoms with E-state index in [9.17, 15) is 0 Å². The predicted molar refractivity (Wildman–Crippen MR) is 74.1 cm³/mol. The number of nitrogens with one attached hydrogen (secondary N) is 1. The van der Waals surface area contributed by atoms with Crippen molar-refractivity contribution in [3.8, 4) is 0 Å². The molecule has 0 aliphatic carbocycles. The van der Waals surface area contributed by atoms with E-state index in [0.717, 1.165) is 11.3 Å². The monoisotopic (exact) mass is 270 g/mol. The molecule has 2 N–H and O–H groups in total. The second kappa shape index (κ2) is 5.66. The van der Waals surface area contributed by atoms with Crippen LogP contribution in [0.3, 0.4) is 0 Å². The summed E-state index contributed by atoms with van der Waals surface area (Å²) in [4.78, 5) is 12.7. The molecule has 0 saturated heterocycles. The van der Waals surface area contributed by atoms with Crippen LogP contribution in [0.1, 0.15) is 18.2 Å². The number of aliphatic hydroxyl groups is 1. The third kappa shape index (κ3) is 2.60. The molecule has 6 heteroatoms. The van der Waals surface area contributed by atoms with Crippen LogP contribution in [0.4, 0.5) is 5.82 Å². The smallest absolute Gasteiger partial charge is 0.180 e. The SMILES string of the molecule is OCCC(Nc1ccc2nccnc2n1)c1ccco1. The van der Waals surface area contributed by atoms with Crippen LogP contribution in [-0.4, -0.2) is 26.7 Å². The number of aliphatic hydroxyl groups excluding tert-OH is 1. The van der Waals surface area contributed by atoms with Gasteiger partial charge in [0, 0.05) is 19.0 Å². The standard InChI is InChI=1S/C14H14N4O2/c19-8-5-10(12-2-1-9-20-12)17-13-4-3-11-14(18-13)16-7-6-15-11/h1-4,6-7,9-10,19H,5,8H2,(H,16,17,18). The minimum absolute atomic E-state index is 0.0613. The van der Waals surface area contributed by atoms with Gasteiger partial charge in [0.25, 0.3) is 0 Å². The number of hydrogen-bond donors (Lipinski definition) is 2. The molecule has 102 valence electrons. The molecule has 0 amide bonds. The van der Waals surface area contributed by atoms with Gasteiger partial charge in [-0.25, -0.2) is 9.97 Å². The van der Waals surface area contributed by atoms with Crippen molar-refractivity contribution in [1.29, 1.82) is 0 Å². The Morgan fingerprint density at radius 1 is 1.20 bits per heavy atom. The van der Waals surface area contributed by atoms with Gasteiger partial charge in [0.1, 0.15) is 17.1 Å². The Bertz CT molecular complexity index is 684. The van der Waals surface area contributed by atoms with Crippen LogP contribution in [0.15, 0.2) is 47.3 Å². The number of furan rings is 1. The molecule has 3 aromatic heterocycles. The van der Waals surface area contributed by atoms with Crippen molar-refractivity contribution in [1.82, 2.24) is 15.0 Å². The minimum atomic E-state index is -0.128. The van der Waals surface area contributed by atoms with Gasteiger partial charge in [0.15, 0.2) is 5.65 Å². The maximum atomic E-state index is 9.16. The van der Waals surface area contributed by atoms with Crippen molar-refractivity contribution < 1.29 is 9.52 Å². The van der Waals surface area contributed by atoms with Gasteiger partial charge in [-0.05, 0) is 30.7 Å². The molecule has 1 atom stereocenters. The fourth-order valence-electron chi connectivity index (χ4n) is 2.02. The number of nitrogens with zero attached hydrogens (tertiary/aromatic N) is 3. The van der Waals surface area contributed by atoms with Crippen LogP contribution < -0.4 is 5.32 Å². The molecular weight excluding hydrogens is 256 g/mol. The van der Waals surface area contributed by atoms with E-state index in [2.05, 4.69) is 20.3 Å². The molecule has 0 aromatic carbocycles. The van der Waals surface area contributed by atoms with Gasteiger partial charge in [0.05, 0.1) is 12.3 Å². The van der Waals surface area contributed by atoms with Crippen LogP contribution in [-0.2, 0) is 0 Å². The fourth-order valence-corrected chi connectivity index (χ4v) is 2.02. The summed E-state index contributed by atoms with van der Waals surface area (Å²) in [5.74, 6) is 1.44. The predicted octanol–water partition coefficient (Wildman–Crippen LogP) is 2.15. The lowest BCUT2D eigenvalue weighted by Gasteiger charge is -2.16. The largest absolute Gasteiger partial charge is 0.467 e. The normalized spacial score (nSPS) is 12.4. The number of aromatic nitrogens is 3. The van der Waals surface area contributed by atoms with Crippen molar-refractivity contribution in [2.24, 2.45) is 0 Å².